The quantitative estimate of drug-likeness (QED) is 0.319. The van der Waals surface area contributed by atoms with Gasteiger partial charge in [0.05, 0.1) is 11.2 Å². The minimum Gasteiger partial charge on any atom is -0.455 e. The predicted molar refractivity (Wildman–Crippen MR) is 92.4 cm³/mol. The zero-order valence-corrected chi connectivity index (χ0v) is 14.9. The van der Waals surface area contributed by atoms with E-state index < -0.39 is 0 Å². The summed E-state index contributed by atoms with van der Waals surface area (Å²) in [7, 11) is 0. The molecule has 3 fully saturated rings. The Bertz CT molecular complexity index is 575. The molecule has 24 heavy (non-hydrogen) atoms. The largest absolute Gasteiger partial charge is 0.455 e. The van der Waals surface area contributed by atoms with Crippen LogP contribution in [-0.4, -0.2) is 41.8 Å². The van der Waals surface area contributed by atoms with Gasteiger partial charge in [0.1, 0.15) is 12.2 Å². The Labute approximate surface area is 144 Å². The summed E-state index contributed by atoms with van der Waals surface area (Å²) in [5.74, 6) is 0.0574. The molecule has 0 aromatic heterocycles. The van der Waals surface area contributed by atoms with Crippen LogP contribution < -0.4 is 0 Å². The summed E-state index contributed by atoms with van der Waals surface area (Å²) in [6.07, 6.45) is 12.3. The van der Waals surface area contributed by atoms with Gasteiger partial charge in [-0.2, -0.15) is 0 Å². The lowest BCUT2D eigenvalue weighted by Crippen LogP contribution is -2.30. The van der Waals surface area contributed by atoms with Crippen LogP contribution in [0, 0.1) is 5.92 Å². The molecule has 0 unspecified atom stereocenters. The van der Waals surface area contributed by atoms with E-state index in [1.54, 1.807) is 0 Å². The fraction of sp³-hybridized carbons (Fsp3) is 0.750. The topological polar surface area (TPSA) is 42.1 Å². The van der Waals surface area contributed by atoms with Crippen LogP contribution in [0.1, 0.15) is 58.8 Å². The molecular formula is C20H29NO3. The number of esters is 1. The number of nitrogens with zero attached hydrogens (tertiary/aromatic N) is 1. The molecular weight excluding hydrogens is 302 g/mol. The molecule has 4 heteroatoms. The first-order valence-electron chi connectivity index (χ1n) is 9.57. The van der Waals surface area contributed by atoms with Crippen LogP contribution >= 0.6 is 0 Å². The minimum absolute atomic E-state index is 0.0745. The van der Waals surface area contributed by atoms with E-state index in [0.717, 1.165) is 44.3 Å². The number of piperidine rings is 1. The number of fused-ring (bicyclic) bond motifs is 3. The molecule has 4 aliphatic rings. The fourth-order valence-corrected chi connectivity index (χ4v) is 4.55. The molecule has 4 nitrogen and oxygen atoms in total. The second-order valence-electron chi connectivity index (χ2n) is 8.14. The van der Waals surface area contributed by atoms with Gasteiger partial charge in [0.15, 0.2) is 0 Å². The monoisotopic (exact) mass is 331 g/mol. The van der Waals surface area contributed by atoms with E-state index in [4.69, 9.17) is 9.47 Å². The summed E-state index contributed by atoms with van der Waals surface area (Å²) in [5, 5.41) is 0. The first kappa shape index (κ1) is 16.2. The highest BCUT2D eigenvalue weighted by Crippen LogP contribution is 2.50. The molecule has 0 amide bonds. The van der Waals surface area contributed by atoms with Gasteiger partial charge >= 0.3 is 5.97 Å². The number of likely N-dealkylation sites (tertiary alicyclic amines) is 1. The molecule has 3 saturated heterocycles. The Morgan fingerprint density at radius 3 is 2.88 bits per heavy atom. The highest BCUT2D eigenvalue weighted by molar-refractivity contribution is 5.91. The number of carbonyl (C=O) groups excluding carboxylic acids is 1. The average molecular weight is 331 g/mol. The van der Waals surface area contributed by atoms with Crippen LogP contribution in [-0.2, 0) is 14.3 Å². The van der Waals surface area contributed by atoms with E-state index in [0.29, 0.717) is 0 Å². The third-order valence-electron chi connectivity index (χ3n) is 6.21. The summed E-state index contributed by atoms with van der Waals surface area (Å²) in [6.45, 7) is 6.49. The molecule has 3 heterocycles. The summed E-state index contributed by atoms with van der Waals surface area (Å²) >= 11 is 0. The molecule has 0 bridgehead atoms. The Hall–Kier alpha value is -1.29. The van der Waals surface area contributed by atoms with E-state index in [9.17, 15) is 4.79 Å². The van der Waals surface area contributed by atoms with Crippen LogP contribution in [0.15, 0.2) is 23.4 Å². The summed E-state index contributed by atoms with van der Waals surface area (Å²) in [5.41, 5.74) is 2.19. The number of rotatable bonds is 1. The van der Waals surface area contributed by atoms with E-state index >= 15 is 0 Å². The first-order chi connectivity index (χ1) is 11.6. The third kappa shape index (κ3) is 3.01. The normalized spacial score (nSPS) is 41.3. The molecule has 0 aromatic carbocycles. The zero-order valence-electron chi connectivity index (χ0n) is 14.9. The van der Waals surface area contributed by atoms with Crippen molar-refractivity contribution in [3.05, 3.63) is 23.4 Å². The van der Waals surface area contributed by atoms with Gasteiger partial charge < -0.3 is 14.4 Å². The minimum atomic E-state index is -0.116. The SMILES string of the molecule is CC1=CCC[C@@]2(C)O[C@H]2[C@H]2OC(=O)C(=CN3CCCCC3)[C@@H]2CC1. The standard InChI is InChI=1S/C20H29NO3/c1-14-7-6-10-20(2)18(24-20)17-15(9-8-14)16(19(22)23-17)13-21-11-4-3-5-12-21/h7,13,15,17-18H,3-6,8-12H2,1-2H3/t15-,17-,18-,20+/m0/s1. The van der Waals surface area contributed by atoms with Gasteiger partial charge in [0, 0.05) is 25.2 Å². The Balaban J connectivity index is 1.60. The maximum absolute atomic E-state index is 12.6. The van der Waals surface area contributed by atoms with Gasteiger partial charge in [-0.1, -0.05) is 11.6 Å². The highest BCUT2D eigenvalue weighted by Gasteiger charge is 2.61. The molecule has 4 rings (SSSR count). The van der Waals surface area contributed by atoms with Crippen molar-refractivity contribution in [2.24, 2.45) is 5.92 Å². The van der Waals surface area contributed by atoms with Crippen LogP contribution in [0.5, 0.6) is 0 Å². The van der Waals surface area contributed by atoms with Crippen LogP contribution in [0.2, 0.25) is 0 Å². The van der Waals surface area contributed by atoms with Crippen LogP contribution in [0.25, 0.3) is 0 Å². The zero-order chi connectivity index (χ0) is 16.7. The van der Waals surface area contributed by atoms with Gasteiger partial charge in [0.25, 0.3) is 0 Å². The van der Waals surface area contributed by atoms with Crippen molar-refractivity contribution < 1.29 is 14.3 Å². The molecule has 0 radical (unpaired) electrons. The van der Waals surface area contributed by atoms with E-state index in [1.165, 1.54) is 24.8 Å². The van der Waals surface area contributed by atoms with Gasteiger partial charge in [-0.3, -0.25) is 0 Å². The molecule has 0 N–H and O–H groups in total. The molecule has 0 saturated carbocycles. The Morgan fingerprint density at radius 1 is 1.29 bits per heavy atom. The van der Waals surface area contributed by atoms with Crippen molar-refractivity contribution in [3.8, 4) is 0 Å². The van der Waals surface area contributed by atoms with Crippen LogP contribution in [0.3, 0.4) is 0 Å². The Kier molecular flexibility index (Phi) is 4.19. The number of carbonyl (C=O) groups is 1. The second-order valence-corrected chi connectivity index (χ2v) is 8.14. The molecule has 0 aromatic rings. The van der Waals surface area contributed by atoms with Crippen molar-refractivity contribution >= 4 is 5.97 Å². The number of hydrogen-bond acceptors (Lipinski definition) is 4. The van der Waals surface area contributed by atoms with Gasteiger partial charge in [-0.15, -0.1) is 0 Å². The maximum atomic E-state index is 12.6. The van der Waals surface area contributed by atoms with E-state index in [-0.39, 0.29) is 29.7 Å². The molecule has 3 aliphatic heterocycles. The number of epoxide rings is 1. The molecule has 1 aliphatic carbocycles. The predicted octanol–water partition coefficient (Wildman–Crippen LogP) is 3.58. The van der Waals surface area contributed by atoms with E-state index in [1.807, 2.05) is 0 Å². The molecule has 4 atom stereocenters. The van der Waals surface area contributed by atoms with Crippen molar-refractivity contribution in [2.45, 2.75) is 76.6 Å². The molecule has 132 valence electrons. The fourth-order valence-electron chi connectivity index (χ4n) is 4.55. The summed E-state index contributed by atoms with van der Waals surface area (Å²) < 4.78 is 11.9. The highest BCUT2D eigenvalue weighted by atomic mass is 16.6. The van der Waals surface area contributed by atoms with Crippen molar-refractivity contribution in [3.63, 3.8) is 0 Å². The lowest BCUT2D eigenvalue weighted by molar-refractivity contribution is -0.140. The van der Waals surface area contributed by atoms with Gasteiger partial charge in [-0.25, -0.2) is 4.79 Å². The van der Waals surface area contributed by atoms with Gasteiger partial charge in [0.2, 0.25) is 0 Å². The lowest BCUT2D eigenvalue weighted by Gasteiger charge is -2.26. The van der Waals surface area contributed by atoms with Crippen LogP contribution in [0.4, 0.5) is 0 Å². The van der Waals surface area contributed by atoms with Crippen molar-refractivity contribution in [1.29, 1.82) is 0 Å². The van der Waals surface area contributed by atoms with Crippen molar-refractivity contribution in [1.82, 2.24) is 4.90 Å². The number of hydrogen-bond donors (Lipinski definition) is 0. The smallest absolute Gasteiger partial charge is 0.336 e. The van der Waals surface area contributed by atoms with Crippen molar-refractivity contribution in [2.75, 3.05) is 13.1 Å². The maximum Gasteiger partial charge on any atom is 0.336 e. The average Bonchev–Trinajstić information content (AvgIpc) is 3.14. The molecule has 0 spiro atoms. The summed E-state index contributed by atoms with van der Waals surface area (Å²) in [6, 6.07) is 0. The summed E-state index contributed by atoms with van der Waals surface area (Å²) in [4.78, 5) is 14.9. The first-order valence-corrected chi connectivity index (χ1v) is 9.57. The number of ether oxygens (including phenoxy) is 2. The lowest BCUT2D eigenvalue weighted by atomic mass is 9.83. The van der Waals surface area contributed by atoms with E-state index in [2.05, 4.69) is 31.0 Å². The van der Waals surface area contributed by atoms with Gasteiger partial charge in [-0.05, 0) is 58.8 Å². The second kappa shape index (κ2) is 6.21. The third-order valence-corrected chi connectivity index (χ3v) is 6.21. The Morgan fingerprint density at radius 2 is 2.08 bits per heavy atom. The number of allylic oxidation sites excluding steroid dienone is 2.